The molecule has 0 saturated heterocycles. The molecule has 172 valence electrons. The van der Waals surface area contributed by atoms with Crippen LogP contribution in [0, 0.1) is 5.82 Å². The third-order valence-electron chi connectivity index (χ3n) is 5.71. The van der Waals surface area contributed by atoms with Gasteiger partial charge in [0, 0.05) is 47.5 Å². The second kappa shape index (κ2) is 8.28. The SMILES string of the molecule is CC(C)Nc1cncc(-c2cnc3[nH]nc(-c4nc5c(-c6ccc(F)cc6)ccnc5[nH]4)c3c2)c1. The number of H-pyrrole nitrogens is 2. The lowest BCUT2D eigenvalue weighted by molar-refractivity contribution is 0.628. The summed E-state index contributed by atoms with van der Waals surface area (Å²) in [4.78, 5) is 21.4. The summed E-state index contributed by atoms with van der Waals surface area (Å²) in [5.41, 5.74) is 7.13. The molecule has 0 unspecified atom stereocenters. The minimum atomic E-state index is -0.284. The fourth-order valence-electron chi connectivity index (χ4n) is 4.14. The van der Waals surface area contributed by atoms with Crippen LogP contribution >= 0.6 is 0 Å². The van der Waals surface area contributed by atoms with E-state index in [1.165, 1.54) is 12.1 Å². The molecule has 5 aromatic heterocycles. The molecule has 0 bridgehead atoms. The van der Waals surface area contributed by atoms with Crippen molar-refractivity contribution in [1.82, 2.24) is 35.1 Å². The highest BCUT2D eigenvalue weighted by molar-refractivity contribution is 5.96. The Hall–Kier alpha value is -4.66. The molecule has 0 spiro atoms. The summed E-state index contributed by atoms with van der Waals surface area (Å²) in [6.45, 7) is 4.17. The van der Waals surface area contributed by atoms with Gasteiger partial charge in [-0.2, -0.15) is 5.10 Å². The molecular weight excluding hydrogens is 443 g/mol. The molecule has 6 rings (SSSR count). The number of halogens is 1. The van der Waals surface area contributed by atoms with Crippen molar-refractivity contribution in [2.24, 2.45) is 0 Å². The Labute approximate surface area is 199 Å². The van der Waals surface area contributed by atoms with Gasteiger partial charge >= 0.3 is 0 Å². The molecule has 0 atom stereocenters. The number of aromatic nitrogens is 7. The van der Waals surface area contributed by atoms with Crippen LogP contribution in [0.2, 0.25) is 0 Å². The number of imidazole rings is 1. The molecule has 8 nitrogen and oxygen atoms in total. The molecule has 5 heterocycles. The van der Waals surface area contributed by atoms with Crippen LogP contribution in [0.25, 0.3) is 56.0 Å². The third-order valence-corrected chi connectivity index (χ3v) is 5.71. The topological polar surface area (TPSA) is 108 Å². The van der Waals surface area contributed by atoms with Gasteiger partial charge in [0.05, 0.1) is 11.1 Å². The summed E-state index contributed by atoms with van der Waals surface area (Å²) in [5, 5.41) is 11.7. The van der Waals surface area contributed by atoms with Crippen molar-refractivity contribution in [3.63, 3.8) is 0 Å². The molecule has 1 aromatic carbocycles. The van der Waals surface area contributed by atoms with Crippen LogP contribution in [0.3, 0.4) is 0 Å². The van der Waals surface area contributed by atoms with Gasteiger partial charge in [0.25, 0.3) is 0 Å². The van der Waals surface area contributed by atoms with Gasteiger partial charge in [-0.15, -0.1) is 0 Å². The number of pyridine rings is 3. The molecule has 35 heavy (non-hydrogen) atoms. The highest BCUT2D eigenvalue weighted by Crippen LogP contribution is 2.32. The molecule has 9 heteroatoms. The predicted octanol–water partition coefficient (Wildman–Crippen LogP) is 5.58. The first-order chi connectivity index (χ1) is 17.0. The van der Waals surface area contributed by atoms with E-state index in [1.807, 2.05) is 18.3 Å². The number of hydrogen-bond acceptors (Lipinski definition) is 6. The molecule has 0 aliphatic rings. The first kappa shape index (κ1) is 20.9. The van der Waals surface area contributed by atoms with Gasteiger partial charge in [0.1, 0.15) is 17.0 Å². The lowest BCUT2D eigenvalue weighted by Gasteiger charge is -2.10. The van der Waals surface area contributed by atoms with Gasteiger partial charge < -0.3 is 10.3 Å². The smallest absolute Gasteiger partial charge is 0.161 e. The zero-order valence-corrected chi connectivity index (χ0v) is 19.0. The number of hydrogen-bond donors (Lipinski definition) is 3. The van der Waals surface area contributed by atoms with Crippen molar-refractivity contribution >= 4 is 27.9 Å². The van der Waals surface area contributed by atoms with Crippen molar-refractivity contribution in [3.05, 3.63) is 73.1 Å². The quantitative estimate of drug-likeness (QED) is 0.307. The average Bonchev–Trinajstić information content (AvgIpc) is 3.48. The Bertz CT molecular complexity index is 1670. The Kier molecular flexibility index (Phi) is 4.95. The first-order valence-corrected chi connectivity index (χ1v) is 11.2. The monoisotopic (exact) mass is 464 g/mol. The van der Waals surface area contributed by atoms with Gasteiger partial charge in [-0.1, -0.05) is 12.1 Å². The molecule has 0 amide bonds. The van der Waals surface area contributed by atoms with E-state index < -0.39 is 0 Å². The molecule has 0 aliphatic heterocycles. The van der Waals surface area contributed by atoms with Gasteiger partial charge in [-0.05, 0) is 49.7 Å². The zero-order valence-electron chi connectivity index (χ0n) is 19.0. The van der Waals surface area contributed by atoms with E-state index in [9.17, 15) is 4.39 Å². The van der Waals surface area contributed by atoms with Crippen LogP contribution in [-0.2, 0) is 0 Å². The number of fused-ring (bicyclic) bond motifs is 2. The van der Waals surface area contributed by atoms with Gasteiger partial charge in [-0.25, -0.2) is 19.3 Å². The molecule has 0 aliphatic carbocycles. The van der Waals surface area contributed by atoms with E-state index in [0.29, 0.717) is 34.4 Å². The molecule has 0 fully saturated rings. The summed E-state index contributed by atoms with van der Waals surface area (Å²) in [5.74, 6) is 0.286. The minimum absolute atomic E-state index is 0.284. The van der Waals surface area contributed by atoms with Gasteiger partial charge in [0.15, 0.2) is 17.1 Å². The largest absolute Gasteiger partial charge is 0.382 e. The Morgan fingerprint density at radius 2 is 1.71 bits per heavy atom. The van der Waals surface area contributed by atoms with E-state index in [0.717, 1.165) is 33.3 Å². The number of nitrogens with one attached hydrogen (secondary N) is 3. The second-order valence-electron chi connectivity index (χ2n) is 8.60. The summed E-state index contributed by atoms with van der Waals surface area (Å²) in [7, 11) is 0. The zero-order chi connectivity index (χ0) is 23.9. The normalized spacial score (nSPS) is 11.5. The summed E-state index contributed by atoms with van der Waals surface area (Å²) in [6, 6.07) is 12.6. The van der Waals surface area contributed by atoms with Crippen LogP contribution in [-0.4, -0.2) is 41.2 Å². The second-order valence-corrected chi connectivity index (χ2v) is 8.60. The predicted molar refractivity (Wildman–Crippen MR) is 134 cm³/mol. The summed E-state index contributed by atoms with van der Waals surface area (Å²) < 4.78 is 13.4. The van der Waals surface area contributed by atoms with Crippen molar-refractivity contribution in [1.29, 1.82) is 0 Å². The summed E-state index contributed by atoms with van der Waals surface area (Å²) in [6.07, 6.45) is 7.12. The van der Waals surface area contributed by atoms with E-state index in [-0.39, 0.29) is 5.82 Å². The lowest BCUT2D eigenvalue weighted by atomic mass is 10.1. The van der Waals surface area contributed by atoms with E-state index >= 15 is 0 Å². The fraction of sp³-hybridized carbons (Fsp3) is 0.115. The average molecular weight is 465 g/mol. The van der Waals surface area contributed by atoms with Crippen molar-refractivity contribution in [2.75, 3.05) is 5.32 Å². The highest BCUT2D eigenvalue weighted by Gasteiger charge is 2.17. The molecule has 3 N–H and O–H groups in total. The molecule has 0 saturated carbocycles. The Morgan fingerprint density at radius 3 is 2.54 bits per heavy atom. The standard InChI is InChI=1S/C26H21FN8/c1-14(2)31-19-9-16(11-28-13-19)17-10-21-23(34-35-24(21)30-12-17)26-32-22-20(7-8-29-25(22)33-26)15-3-5-18(27)6-4-15/h3-14,31H,1-2H3,(H,29,32,33)(H,30,34,35). The van der Waals surface area contributed by atoms with Crippen LogP contribution in [0.5, 0.6) is 0 Å². The molecular formula is C26H21FN8. The van der Waals surface area contributed by atoms with Crippen LogP contribution in [0.4, 0.5) is 10.1 Å². The maximum Gasteiger partial charge on any atom is 0.161 e. The molecule has 0 radical (unpaired) electrons. The number of nitrogens with zero attached hydrogens (tertiary/aromatic N) is 5. The van der Waals surface area contributed by atoms with Crippen LogP contribution in [0.1, 0.15) is 13.8 Å². The Balaban J connectivity index is 1.44. The van der Waals surface area contributed by atoms with Crippen molar-refractivity contribution in [2.45, 2.75) is 19.9 Å². The van der Waals surface area contributed by atoms with Crippen molar-refractivity contribution in [3.8, 4) is 33.8 Å². The van der Waals surface area contributed by atoms with E-state index in [1.54, 1.807) is 30.7 Å². The van der Waals surface area contributed by atoms with E-state index in [2.05, 4.69) is 55.4 Å². The third kappa shape index (κ3) is 3.86. The number of anilines is 1. The number of aromatic amines is 2. The fourth-order valence-corrected chi connectivity index (χ4v) is 4.14. The van der Waals surface area contributed by atoms with Crippen molar-refractivity contribution < 1.29 is 4.39 Å². The Morgan fingerprint density at radius 1 is 0.886 bits per heavy atom. The maximum atomic E-state index is 13.4. The molecule has 6 aromatic rings. The van der Waals surface area contributed by atoms with Gasteiger partial charge in [0.2, 0.25) is 0 Å². The van der Waals surface area contributed by atoms with E-state index in [4.69, 9.17) is 4.98 Å². The van der Waals surface area contributed by atoms with Crippen LogP contribution < -0.4 is 5.32 Å². The number of rotatable bonds is 5. The van der Waals surface area contributed by atoms with Crippen LogP contribution in [0.15, 0.2) is 67.3 Å². The first-order valence-electron chi connectivity index (χ1n) is 11.2. The number of benzene rings is 1. The highest BCUT2D eigenvalue weighted by atomic mass is 19.1. The maximum absolute atomic E-state index is 13.4. The minimum Gasteiger partial charge on any atom is -0.382 e. The lowest BCUT2D eigenvalue weighted by Crippen LogP contribution is -2.09. The van der Waals surface area contributed by atoms with Gasteiger partial charge in [-0.3, -0.25) is 10.1 Å². The summed E-state index contributed by atoms with van der Waals surface area (Å²) >= 11 is 0.